The fourth-order valence-corrected chi connectivity index (χ4v) is 6.58. The van der Waals surface area contributed by atoms with Crippen LogP contribution < -0.4 is 10.2 Å². The number of nitrogens with one attached hydrogen (secondary N) is 1. The van der Waals surface area contributed by atoms with Crippen LogP contribution >= 0.6 is 0 Å². The van der Waals surface area contributed by atoms with Gasteiger partial charge < -0.3 is 29.7 Å². The van der Waals surface area contributed by atoms with Crippen molar-refractivity contribution in [3.63, 3.8) is 0 Å². The molecule has 0 saturated carbocycles. The lowest BCUT2D eigenvalue weighted by molar-refractivity contribution is -0.158. The van der Waals surface area contributed by atoms with Gasteiger partial charge >= 0.3 is 5.97 Å². The zero-order valence-electron chi connectivity index (χ0n) is 23.2. The molecule has 0 aromatic heterocycles. The summed E-state index contributed by atoms with van der Waals surface area (Å²) in [6, 6.07) is 4.79. The molecule has 2 fully saturated rings. The highest BCUT2D eigenvalue weighted by Gasteiger charge is 2.71. The fourth-order valence-electron chi connectivity index (χ4n) is 6.58. The minimum atomic E-state index is -1.40. The molecule has 0 radical (unpaired) electrons. The van der Waals surface area contributed by atoms with Gasteiger partial charge in [-0.15, -0.1) is 0 Å². The van der Waals surface area contributed by atoms with Gasteiger partial charge in [0.25, 0.3) is 5.91 Å². The molecule has 1 aromatic carbocycles. The van der Waals surface area contributed by atoms with Crippen LogP contribution in [0.25, 0.3) is 0 Å². The lowest BCUT2D eigenvalue weighted by Crippen LogP contribution is -2.55. The normalized spacial score (nSPS) is 33.2. The van der Waals surface area contributed by atoms with Crippen LogP contribution in [0.3, 0.4) is 0 Å². The number of aliphatic hydroxyl groups is 1. The molecule has 2 N–H and O–H groups in total. The standard InChI is InChI=1S/C30H37N3O7/c1-18-9-6-10-19(2)25(18)32-14-7-13-30-24(27(36)33(15-8-16-34)26(30)28(32)37)23-21(40-30)11-4-5-12-22(35)31-17-20(3)39-29(23)38/h4,6-7,9-11,13,20-21,23-24,26,34H,5,8,12,14-17H2,1-3H3,(H,31,35)/b11-4-/t20-,21-,23+,24+,26-,30+/m1/s1. The Labute approximate surface area is 234 Å². The smallest absolute Gasteiger partial charge is 0.313 e. The molecule has 0 aliphatic carbocycles. The number of esters is 1. The molecule has 5 rings (SSSR count). The van der Waals surface area contributed by atoms with Crippen LogP contribution in [-0.4, -0.2) is 83.8 Å². The number of allylic oxidation sites excluding steroid dienone is 1. The maximum atomic E-state index is 14.5. The van der Waals surface area contributed by atoms with Crippen LogP contribution in [0.4, 0.5) is 5.69 Å². The number of likely N-dealkylation sites (tertiary alicyclic amines) is 1. The number of amides is 3. The van der Waals surface area contributed by atoms with Crippen LogP contribution in [0.15, 0.2) is 42.5 Å². The van der Waals surface area contributed by atoms with E-state index in [1.807, 2.05) is 38.1 Å². The first-order valence-electron chi connectivity index (χ1n) is 14.0. The molecule has 4 heterocycles. The third kappa shape index (κ3) is 4.73. The number of aliphatic hydroxyl groups excluding tert-OH is 1. The van der Waals surface area contributed by atoms with E-state index < -0.39 is 41.7 Å². The molecule has 214 valence electrons. The molecular formula is C30H37N3O7. The highest BCUT2D eigenvalue weighted by atomic mass is 16.6. The minimum absolute atomic E-state index is 0.145. The first-order chi connectivity index (χ1) is 19.2. The number of ether oxygens (including phenoxy) is 2. The van der Waals surface area contributed by atoms with Crippen LogP contribution in [-0.2, 0) is 28.7 Å². The lowest BCUT2D eigenvalue weighted by atomic mass is 9.78. The second-order valence-electron chi connectivity index (χ2n) is 11.1. The number of carbonyl (C=O) groups is 4. The van der Waals surface area contributed by atoms with Crippen molar-refractivity contribution in [2.75, 3.05) is 31.1 Å². The summed E-state index contributed by atoms with van der Waals surface area (Å²) in [7, 11) is 0. The molecule has 1 spiro atoms. The van der Waals surface area contributed by atoms with Gasteiger partial charge in [-0.1, -0.05) is 42.5 Å². The van der Waals surface area contributed by atoms with Crippen molar-refractivity contribution >= 4 is 29.4 Å². The van der Waals surface area contributed by atoms with E-state index in [2.05, 4.69) is 5.32 Å². The highest BCUT2D eigenvalue weighted by Crippen LogP contribution is 2.53. The van der Waals surface area contributed by atoms with E-state index in [4.69, 9.17) is 9.47 Å². The van der Waals surface area contributed by atoms with Gasteiger partial charge in [0.15, 0.2) is 0 Å². The number of anilines is 1. The van der Waals surface area contributed by atoms with Gasteiger partial charge in [-0.2, -0.15) is 0 Å². The van der Waals surface area contributed by atoms with Crippen molar-refractivity contribution in [2.24, 2.45) is 11.8 Å². The molecule has 0 unspecified atom stereocenters. The van der Waals surface area contributed by atoms with Gasteiger partial charge in [-0.25, -0.2) is 0 Å². The molecule has 10 heteroatoms. The Morgan fingerprint density at radius 1 is 1.10 bits per heavy atom. The Morgan fingerprint density at radius 2 is 1.85 bits per heavy atom. The summed E-state index contributed by atoms with van der Waals surface area (Å²) in [4.78, 5) is 57.5. The monoisotopic (exact) mass is 551 g/mol. The highest BCUT2D eigenvalue weighted by molar-refractivity contribution is 6.06. The van der Waals surface area contributed by atoms with Gasteiger partial charge in [-0.3, -0.25) is 19.2 Å². The molecule has 4 aliphatic heterocycles. The van der Waals surface area contributed by atoms with E-state index in [-0.39, 0.29) is 56.8 Å². The Kier molecular flexibility index (Phi) is 7.83. The predicted molar refractivity (Wildman–Crippen MR) is 146 cm³/mol. The Hall–Kier alpha value is -3.50. The largest absolute Gasteiger partial charge is 0.460 e. The zero-order chi connectivity index (χ0) is 28.6. The average Bonchev–Trinajstić information content (AvgIpc) is 3.29. The number of cyclic esters (lactones) is 1. The number of benzene rings is 1. The van der Waals surface area contributed by atoms with Crippen molar-refractivity contribution in [1.82, 2.24) is 10.2 Å². The summed E-state index contributed by atoms with van der Waals surface area (Å²) < 4.78 is 12.4. The number of hydrogen-bond donors (Lipinski definition) is 2. The molecule has 2 saturated heterocycles. The number of nitrogens with zero attached hydrogens (tertiary/aromatic N) is 2. The van der Waals surface area contributed by atoms with Gasteiger partial charge in [0.2, 0.25) is 11.8 Å². The lowest BCUT2D eigenvalue weighted by Gasteiger charge is -2.36. The number of para-hydroxylation sites is 1. The number of hydrogen-bond acceptors (Lipinski definition) is 7. The summed E-state index contributed by atoms with van der Waals surface area (Å²) in [6.45, 7) is 6.00. The molecule has 10 nitrogen and oxygen atoms in total. The van der Waals surface area contributed by atoms with Gasteiger partial charge in [0.05, 0.1) is 18.6 Å². The SMILES string of the molecule is Cc1cccc(C)c1N1CC=C[C@]23O[C@@H]4/C=C\CCC(=O)NC[C@@H](C)OC(=O)[C@@H]4[C@H]2C(=O)N(CCCO)[C@@H]3C1=O. The van der Waals surface area contributed by atoms with E-state index in [1.54, 1.807) is 30.1 Å². The predicted octanol–water partition coefficient (Wildman–Crippen LogP) is 1.57. The van der Waals surface area contributed by atoms with E-state index in [0.29, 0.717) is 6.42 Å². The topological polar surface area (TPSA) is 125 Å². The first kappa shape index (κ1) is 28.0. The number of fused-ring (bicyclic) bond motifs is 2. The molecular weight excluding hydrogens is 514 g/mol. The number of rotatable bonds is 4. The van der Waals surface area contributed by atoms with Crippen molar-refractivity contribution in [2.45, 2.75) is 63.9 Å². The quantitative estimate of drug-likeness (QED) is 0.430. The molecule has 0 bridgehead atoms. The minimum Gasteiger partial charge on any atom is -0.460 e. The van der Waals surface area contributed by atoms with Crippen LogP contribution in [0.1, 0.15) is 37.3 Å². The third-order valence-electron chi connectivity index (χ3n) is 8.30. The number of aryl methyl sites for hydroxylation is 2. The molecule has 1 aromatic rings. The van der Waals surface area contributed by atoms with E-state index in [9.17, 15) is 24.3 Å². The molecule has 4 aliphatic rings. The van der Waals surface area contributed by atoms with Crippen molar-refractivity contribution < 1.29 is 33.8 Å². The maximum absolute atomic E-state index is 14.5. The number of carbonyl (C=O) groups excluding carboxylic acids is 4. The van der Waals surface area contributed by atoms with Crippen molar-refractivity contribution in [1.29, 1.82) is 0 Å². The van der Waals surface area contributed by atoms with Gasteiger partial charge in [0, 0.05) is 31.8 Å². The van der Waals surface area contributed by atoms with Crippen LogP contribution in [0, 0.1) is 25.7 Å². The molecule has 3 amide bonds. The summed E-state index contributed by atoms with van der Waals surface area (Å²) in [5.74, 6) is -3.38. The first-order valence-corrected chi connectivity index (χ1v) is 14.0. The van der Waals surface area contributed by atoms with E-state index >= 15 is 0 Å². The summed E-state index contributed by atoms with van der Waals surface area (Å²) in [5.41, 5.74) is 1.24. The van der Waals surface area contributed by atoms with Crippen molar-refractivity contribution in [3.8, 4) is 0 Å². The zero-order valence-corrected chi connectivity index (χ0v) is 23.2. The summed E-state index contributed by atoms with van der Waals surface area (Å²) in [5, 5.41) is 12.4. The average molecular weight is 552 g/mol. The van der Waals surface area contributed by atoms with E-state index in [1.165, 1.54) is 4.90 Å². The van der Waals surface area contributed by atoms with Crippen LogP contribution in [0.2, 0.25) is 0 Å². The van der Waals surface area contributed by atoms with Gasteiger partial charge in [0.1, 0.15) is 23.7 Å². The summed E-state index contributed by atoms with van der Waals surface area (Å²) in [6.07, 6.45) is 6.68. The second kappa shape index (κ2) is 11.2. The maximum Gasteiger partial charge on any atom is 0.313 e. The fraction of sp³-hybridized carbons (Fsp3) is 0.533. The third-order valence-corrected chi connectivity index (χ3v) is 8.30. The second-order valence-corrected chi connectivity index (χ2v) is 11.1. The summed E-state index contributed by atoms with van der Waals surface area (Å²) >= 11 is 0. The Bertz CT molecular complexity index is 1240. The molecule has 6 atom stereocenters. The molecule has 40 heavy (non-hydrogen) atoms. The van der Waals surface area contributed by atoms with Gasteiger partial charge in [-0.05, 0) is 44.7 Å². The Morgan fingerprint density at radius 3 is 2.58 bits per heavy atom. The van der Waals surface area contributed by atoms with Crippen molar-refractivity contribution in [3.05, 3.63) is 53.6 Å². The van der Waals surface area contributed by atoms with Crippen LogP contribution in [0.5, 0.6) is 0 Å². The Balaban J connectivity index is 1.60. The van der Waals surface area contributed by atoms with E-state index in [0.717, 1.165) is 16.8 Å².